The minimum atomic E-state index is 1.08. The fraction of sp³-hybridized carbons (Fsp3) is 0.727. The molecule has 1 aromatic rings. The van der Waals surface area contributed by atoms with E-state index in [1.165, 1.54) is 43.4 Å². The molecule has 2 nitrogen and oxygen atoms in total. The van der Waals surface area contributed by atoms with Crippen molar-refractivity contribution in [2.45, 2.75) is 51.9 Å². The van der Waals surface area contributed by atoms with Crippen molar-refractivity contribution in [2.75, 3.05) is 0 Å². The van der Waals surface area contributed by atoms with Crippen LogP contribution in [0.25, 0.3) is 0 Å². The molecule has 0 aromatic carbocycles. The predicted octanol–water partition coefficient (Wildman–Crippen LogP) is 2.90. The summed E-state index contributed by atoms with van der Waals surface area (Å²) < 4.78 is 5.37. The Morgan fingerprint density at radius 2 is 2.15 bits per heavy atom. The van der Waals surface area contributed by atoms with Gasteiger partial charge in [0.1, 0.15) is 5.76 Å². The largest absolute Gasteiger partial charge is 0.361 e. The van der Waals surface area contributed by atoms with Crippen LogP contribution in [0.2, 0.25) is 0 Å². The van der Waals surface area contributed by atoms with Crippen molar-refractivity contribution in [3.63, 3.8) is 0 Å². The van der Waals surface area contributed by atoms with Gasteiger partial charge in [-0.15, -0.1) is 0 Å². The first kappa shape index (κ1) is 8.79. The highest BCUT2D eigenvalue weighted by Crippen LogP contribution is 2.24. The molecule has 0 atom stereocenters. The van der Waals surface area contributed by atoms with E-state index in [-0.39, 0.29) is 0 Å². The maximum atomic E-state index is 5.37. The summed E-state index contributed by atoms with van der Waals surface area (Å²) in [5.74, 6) is 1.16. The van der Waals surface area contributed by atoms with Gasteiger partial charge < -0.3 is 4.52 Å². The second-order valence-electron chi connectivity index (χ2n) is 3.84. The van der Waals surface area contributed by atoms with Gasteiger partial charge in [-0.1, -0.05) is 18.5 Å². The summed E-state index contributed by atoms with van der Waals surface area (Å²) in [6.45, 7) is 2.21. The molecule has 0 fully saturated rings. The number of rotatable bonds is 3. The van der Waals surface area contributed by atoms with E-state index in [1.807, 2.05) is 0 Å². The molecule has 1 aromatic heterocycles. The minimum Gasteiger partial charge on any atom is -0.361 e. The number of fused-ring (bicyclic) bond motifs is 1. The van der Waals surface area contributed by atoms with Gasteiger partial charge >= 0.3 is 0 Å². The molecule has 2 heteroatoms. The fourth-order valence-corrected chi connectivity index (χ4v) is 1.99. The Balaban J connectivity index is 2.12. The van der Waals surface area contributed by atoms with E-state index >= 15 is 0 Å². The van der Waals surface area contributed by atoms with E-state index in [0.29, 0.717) is 0 Å². The van der Waals surface area contributed by atoms with Gasteiger partial charge in [-0.25, -0.2) is 0 Å². The van der Waals surface area contributed by atoms with Gasteiger partial charge in [0.25, 0.3) is 0 Å². The highest BCUT2D eigenvalue weighted by molar-refractivity contribution is 5.25. The number of unbranched alkanes of at least 4 members (excludes halogenated alkanes) is 1. The van der Waals surface area contributed by atoms with Crippen LogP contribution in [0.5, 0.6) is 0 Å². The van der Waals surface area contributed by atoms with Crippen LogP contribution >= 0.6 is 0 Å². The van der Waals surface area contributed by atoms with Crippen LogP contribution < -0.4 is 0 Å². The average molecular weight is 179 g/mol. The number of aromatic nitrogens is 1. The van der Waals surface area contributed by atoms with Crippen molar-refractivity contribution >= 4 is 0 Å². The van der Waals surface area contributed by atoms with Gasteiger partial charge in [0.15, 0.2) is 0 Å². The van der Waals surface area contributed by atoms with Gasteiger partial charge in [0.05, 0.1) is 5.69 Å². The zero-order chi connectivity index (χ0) is 9.10. The number of aryl methyl sites for hydroxylation is 2. The monoisotopic (exact) mass is 179 g/mol. The van der Waals surface area contributed by atoms with Crippen LogP contribution in [0.1, 0.15) is 49.6 Å². The third-order valence-corrected chi connectivity index (χ3v) is 2.80. The quantitative estimate of drug-likeness (QED) is 0.713. The Morgan fingerprint density at radius 3 is 3.00 bits per heavy atom. The predicted molar refractivity (Wildman–Crippen MR) is 51.8 cm³/mol. The van der Waals surface area contributed by atoms with E-state index in [2.05, 4.69) is 12.1 Å². The molecule has 0 aliphatic heterocycles. The molecule has 0 N–H and O–H groups in total. The molecule has 0 spiro atoms. The Bertz CT molecular complexity index is 278. The molecule has 72 valence electrons. The smallest absolute Gasteiger partial charge is 0.140 e. The zero-order valence-corrected chi connectivity index (χ0v) is 8.31. The summed E-state index contributed by atoms with van der Waals surface area (Å²) in [4.78, 5) is 0. The Labute approximate surface area is 79.3 Å². The first-order valence-corrected chi connectivity index (χ1v) is 5.38. The van der Waals surface area contributed by atoms with E-state index in [4.69, 9.17) is 4.52 Å². The van der Waals surface area contributed by atoms with E-state index in [0.717, 1.165) is 18.6 Å². The van der Waals surface area contributed by atoms with Gasteiger partial charge in [-0.3, -0.25) is 0 Å². The van der Waals surface area contributed by atoms with Crippen molar-refractivity contribution < 1.29 is 4.52 Å². The SMILES string of the molecule is CCCCc1onc2c1CCCC2. The highest BCUT2D eigenvalue weighted by atomic mass is 16.5. The molecule has 0 bridgehead atoms. The number of nitrogens with zero attached hydrogens (tertiary/aromatic N) is 1. The molecule has 1 aliphatic rings. The second kappa shape index (κ2) is 3.95. The number of hydrogen-bond acceptors (Lipinski definition) is 2. The molecular weight excluding hydrogens is 162 g/mol. The standard InChI is InChI=1S/C11H17NO/c1-2-3-8-11-9-6-4-5-7-10(9)12-13-11/h2-8H2,1H3. The van der Waals surface area contributed by atoms with E-state index < -0.39 is 0 Å². The molecule has 0 unspecified atom stereocenters. The lowest BCUT2D eigenvalue weighted by Crippen LogP contribution is -2.02. The molecule has 13 heavy (non-hydrogen) atoms. The van der Waals surface area contributed by atoms with Crippen molar-refractivity contribution in [3.05, 3.63) is 17.0 Å². The molecular formula is C11H17NO. The molecule has 0 saturated carbocycles. The summed E-state index contributed by atoms with van der Waals surface area (Å²) in [7, 11) is 0. The van der Waals surface area contributed by atoms with Crippen molar-refractivity contribution in [3.8, 4) is 0 Å². The summed E-state index contributed by atoms with van der Waals surface area (Å²) in [5.41, 5.74) is 2.66. The van der Waals surface area contributed by atoms with Crippen molar-refractivity contribution in [2.24, 2.45) is 0 Å². The molecule has 0 radical (unpaired) electrons. The maximum Gasteiger partial charge on any atom is 0.140 e. The summed E-state index contributed by atoms with van der Waals surface area (Å²) in [6, 6.07) is 0. The normalized spacial score (nSPS) is 15.8. The van der Waals surface area contributed by atoms with Crippen LogP contribution in [0.15, 0.2) is 4.52 Å². The Kier molecular flexibility index (Phi) is 2.67. The lowest BCUT2D eigenvalue weighted by molar-refractivity contribution is 0.374. The fourth-order valence-electron chi connectivity index (χ4n) is 1.99. The Hall–Kier alpha value is -0.790. The average Bonchev–Trinajstić information content (AvgIpc) is 2.58. The topological polar surface area (TPSA) is 26.0 Å². The minimum absolute atomic E-state index is 1.08. The molecule has 1 aliphatic carbocycles. The molecule has 2 rings (SSSR count). The van der Waals surface area contributed by atoms with Crippen molar-refractivity contribution in [1.29, 1.82) is 0 Å². The highest BCUT2D eigenvalue weighted by Gasteiger charge is 2.18. The molecule has 0 saturated heterocycles. The van der Waals surface area contributed by atoms with E-state index in [1.54, 1.807) is 0 Å². The van der Waals surface area contributed by atoms with Gasteiger partial charge in [-0.05, 0) is 32.1 Å². The molecule has 0 amide bonds. The van der Waals surface area contributed by atoms with Gasteiger partial charge in [-0.2, -0.15) is 0 Å². The van der Waals surface area contributed by atoms with Crippen LogP contribution in [0, 0.1) is 0 Å². The zero-order valence-electron chi connectivity index (χ0n) is 8.31. The van der Waals surface area contributed by atoms with Crippen LogP contribution in [-0.2, 0) is 19.3 Å². The maximum absolute atomic E-state index is 5.37. The van der Waals surface area contributed by atoms with Crippen LogP contribution in [0.4, 0.5) is 0 Å². The molecule has 1 heterocycles. The second-order valence-corrected chi connectivity index (χ2v) is 3.84. The van der Waals surface area contributed by atoms with Crippen molar-refractivity contribution in [1.82, 2.24) is 5.16 Å². The van der Waals surface area contributed by atoms with Gasteiger partial charge in [0.2, 0.25) is 0 Å². The lowest BCUT2D eigenvalue weighted by Gasteiger charge is -2.08. The Morgan fingerprint density at radius 1 is 1.31 bits per heavy atom. The lowest BCUT2D eigenvalue weighted by atomic mass is 9.95. The summed E-state index contributed by atoms with van der Waals surface area (Å²) >= 11 is 0. The summed E-state index contributed by atoms with van der Waals surface area (Å²) in [5, 5.41) is 4.13. The van der Waals surface area contributed by atoms with Gasteiger partial charge in [0, 0.05) is 12.0 Å². The summed E-state index contributed by atoms with van der Waals surface area (Å²) in [6.07, 6.45) is 8.46. The first-order chi connectivity index (χ1) is 6.42. The number of hydrogen-bond donors (Lipinski definition) is 0. The van der Waals surface area contributed by atoms with Crippen LogP contribution in [-0.4, -0.2) is 5.16 Å². The van der Waals surface area contributed by atoms with Crippen LogP contribution in [0.3, 0.4) is 0 Å². The third kappa shape index (κ3) is 1.77. The van der Waals surface area contributed by atoms with E-state index in [9.17, 15) is 0 Å². The first-order valence-electron chi connectivity index (χ1n) is 5.38. The third-order valence-electron chi connectivity index (χ3n) is 2.80.